The lowest BCUT2D eigenvalue weighted by Crippen LogP contribution is -2.31. The van der Waals surface area contributed by atoms with E-state index in [2.05, 4.69) is 17.1 Å². The Morgan fingerprint density at radius 3 is 2.29 bits per heavy atom. The summed E-state index contributed by atoms with van der Waals surface area (Å²) in [5.41, 5.74) is 9.82. The summed E-state index contributed by atoms with van der Waals surface area (Å²) >= 11 is 0. The zero-order valence-corrected chi connectivity index (χ0v) is 11.9. The Balaban J connectivity index is 1.72. The van der Waals surface area contributed by atoms with Gasteiger partial charge in [-0.3, -0.25) is 9.78 Å². The highest BCUT2D eigenvalue weighted by atomic mass is 16.1. The first-order valence-corrected chi connectivity index (χ1v) is 7.27. The number of nitrogens with zero attached hydrogens (tertiary/aromatic N) is 2. The number of nitrogen functional groups attached to an aromatic ring is 1. The van der Waals surface area contributed by atoms with Gasteiger partial charge in [-0.2, -0.15) is 0 Å². The first-order chi connectivity index (χ1) is 10.3. The van der Waals surface area contributed by atoms with Crippen LogP contribution in [0.3, 0.4) is 0 Å². The van der Waals surface area contributed by atoms with Gasteiger partial charge in [-0.15, -0.1) is 0 Å². The van der Waals surface area contributed by atoms with Gasteiger partial charge in [0.25, 0.3) is 0 Å². The number of hydrogen-bond donors (Lipinski definition) is 1. The van der Waals surface area contributed by atoms with Crippen LogP contribution in [0.15, 0.2) is 42.6 Å². The third-order valence-corrected chi connectivity index (χ3v) is 4.13. The molecule has 0 spiro atoms. The van der Waals surface area contributed by atoms with Crippen LogP contribution >= 0.6 is 0 Å². The average molecular weight is 281 g/mol. The Morgan fingerprint density at radius 2 is 1.71 bits per heavy atom. The number of pyridine rings is 1. The molecule has 4 heteroatoms. The van der Waals surface area contributed by atoms with Crippen molar-refractivity contribution in [3.05, 3.63) is 48.3 Å². The highest BCUT2D eigenvalue weighted by Gasteiger charge is 2.20. The molecule has 1 aliphatic rings. The smallest absolute Gasteiger partial charge is 0.209 e. The molecule has 2 heterocycles. The lowest BCUT2D eigenvalue weighted by Gasteiger charge is -2.28. The van der Waals surface area contributed by atoms with E-state index in [9.17, 15) is 4.79 Å². The molecular weight excluding hydrogens is 262 g/mol. The Morgan fingerprint density at radius 1 is 1.05 bits per heavy atom. The van der Waals surface area contributed by atoms with Gasteiger partial charge >= 0.3 is 0 Å². The van der Waals surface area contributed by atoms with Crippen molar-refractivity contribution in [2.75, 3.05) is 18.8 Å². The van der Waals surface area contributed by atoms with Crippen molar-refractivity contribution < 1.29 is 4.79 Å². The summed E-state index contributed by atoms with van der Waals surface area (Å²) in [6, 6.07) is 12.0. The van der Waals surface area contributed by atoms with E-state index in [4.69, 9.17) is 5.73 Å². The monoisotopic (exact) mass is 281 g/mol. The zero-order valence-electron chi connectivity index (χ0n) is 11.9. The van der Waals surface area contributed by atoms with Gasteiger partial charge in [0.15, 0.2) is 0 Å². The third-order valence-electron chi connectivity index (χ3n) is 4.13. The number of piperidine rings is 1. The molecule has 1 aromatic heterocycles. The van der Waals surface area contributed by atoms with Gasteiger partial charge < -0.3 is 10.6 Å². The van der Waals surface area contributed by atoms with Gasteiger partial charge in [-0.25, -0.2) is 0 Å². The van der Waals surface area contributed by atoms with Crippen molar-refractivity contribution in [2.24, 2.45) is 0 Å². The number of aromatic nitrogens is 1. The molecule has 2 N–H and O–H groups in total. The maximum Gasteiger partial charge on any atom is 0.209 e. The SMILES string of the molecule is Nc1ccc(-c2ccc(C3CCN(C=O)CC3)nc2)cc1. The van der Waals surface area contributed by atoms with Gasteiger partial charge in [0.1, 0.15) is 0 Å². The minimum Gasteiger partial charge on any atom is -0.399 e. The molecular formula is C17H19N3O. The summed E-state index contributed by atoms with van der Waals surface area (Å²) in [5, 5.41) is 0. The number of anilines is 1. The van der Waals surface area contributed by atoms with E-state index < -0.39 is 0 Å². The van der Waals surface area contributed by atoms with Crippen molar-refractivity contribution >= 4 is 12.1 Å². The van der Waals surface area contributed by atoms with Crippen LogP contribution in [-0.2, 0) is 4.79 Å². The van der Waals surface area contributed by atoms with E-state index in [0.29, 0.717) is 5.92 Å². The van der Waals surface area contributed by atoms with Gasteiger partial charge in [0.2, 0.25) is 6.41 Å². The van der Waals surface area contributed by atoms with Crippen molar-refractivity contribution in [3.8, 4) is 11.1 Å². The van der Waals surface area contributed by atoms with E-state index >= 15 is 0 Å². The molecule has 21 heavy (non-hydrogen) atoms. The van der Waals surface area contributed by atoms with Crippen LogP contribution in [0, 0.1) is 0 Å². The summed E-state index contributed by atoms with van der Waals surface area (Å²) in [7, 11) is 0. The van der Waals surface area contributed by atoms with Crippen LogP contribution in [0.1, 0.15) is 24.5 Å². The number of hydrogen-bond acceptors (Lipinski definition) is 3. The highest BCUT2D eigenvalue weighted by Crippen LogP contribution is 2.27. The number of carbonyl (C=O) groups excluding carboxylic acids is 1. The number of likely N-dealkylation sites (tertiary alicyclic amines) is 1. The lowest BCUT2D eigenvalue weighted by molar-refractivity contribution is -0.119. The molecule has 0 aliphatic carbocycles. The van der Waals surface area contributed by atoms with Crippen molar-refractivity contribution in [1.82, 2.24) is 9.88 Å². The second-order valence-corrected chi connectivity index (χ2v) is 5.51. The van der Waals surface area contributed by atoms with E-state index in [1.54, 1.807) is 0 Å². The average Bonchev–Trinajstić information content (AvgIpc) is 2.56. The Bertz CT molecular complexity index is 599. The molecule has 1 saturated heterocycles. The van der Waals surface area contributed by atoms with Crippen molar-refractivity contribution in [2.45, 2.75) is 18.8 Å². The number of benzene rings is 1. The summed E-state index contributed by atoms with van der Waals surface area (Å²) in [6.45, 7) is 1.66. The molecule has 3 rings (SSSR count). The summed E-state index contributed by atoms with van der Waals surface area (Å²) in [5.74, 6) is 0.460. The molecule has 108 valence electrons. The molecule has 1 aliphatic heterocycles. The van der Waals surface area contributed by atoms with Crippen LogP contribution in [0.4, 0.5) is 5.69 Å². The molecule has 2 aromatic rings. The van der Waals surface area contributed by atoms with Gasteiger partial charge in [-0.05, 0) is 36.6 Å². The predicted molar refractivity (Wildman–Crippen MR) is 83.7 cm³/mol. The molecule has 0 unspecified atom stereocenters. The predicted octanol–water partition coefficient (Wildman–Crippen LogP) is 2.67. The fraction of sp³-hybridized carbons (Fsp3) is 0.294. The van der Waals surface area contributed by atoms with E-state index in [1.807, 2.05) is 35.4 Å². The van der Waals surface area contributed by atoms with Crippen LogP contribution in [-0.4, -0.2) is 29.4 Å². The molecule has 0 atom stereocenters. The van der Waals surface area contributed by atoms with Gasteiger partial charge in [0.05, 0.1) is 0 Å². The van der Waals surface area contributed by atoms with Crippen LogP contribution in [0.2, 0.25) is 0 Å². The second-order valence-electron chi connectivity index (χ2n) is 5.51. The Kier molecular flexibility index (Phi) is 3.86. The molecule has 0 bridgehead atoms. The number of nitrogens with two attached hydrogens (primary N) is 1. The molecule has 4 nitrogen and oxygen atoms in total. The molecule has 1 amide bonds. The molecule has 0 saturated carbocycles. The van der Waals surface area contributed by atoms with Gasteiger partial charge in [-0.1, -0.05) is 18.2 Å². The quantitative estimate of drug-likeness (QED) is 0.695. The van der Waals surface area contributed by atoms with Crippen molar-refractivity contribution in [3.63, 3.8) is 0 Å². The van der Waals surface area contributed by atoms with Crippen LogP contribution in [0.5, 0.6) is 0 Å². The minimum absolute atomic E-state index is 0.460. The number of amides is 1. The van der Waals surface area contributed by atoms with E-state index in [1.165, 1.54) is 0 Å². The van der Waals surface area contributed by atoms with Crippen LogP contribution < -0.4 is 5.73 Å². The largest absolute Gasteiger partial charge is 0.399 e. The fourth-order valence-electron chi connectivity index (χ4n) is 2.79. The highest BCUT2D eigenvalue weighted by molar-refractivity contribution is 5.64. The van der Waals surface area contributed by atoms with Crippen molar-refractivity contribution in [1.29, 1.82) is 0 Å². The maximum atomic E-state index is 10.7. The van der Waals surface area contributed by atoms with E-state index in [-0.39, 0.29) is 0 Å². The number of carbonyl (C=O) groups is 1. The minimum atomic E-state index is 0.460. The fourth-order valence-corrected chi connectivity index (χ4v) is 2.79. The lowest BCUT2D eigenvalue weighted by atomic mass is 9.93. The first kappa shape index (κ1) is 13.6. The molecule has 1 aromatic carbocycles. The van der Waals surface area contributed by atoms with Gasteiger partial charge in [0, 0.05) is 42.1 Å². The van der Waals surface area contributed by atoms with Crippen LogP contribution in [0.25, 0.3) is 11.1 Å². The van der Waals surface area contributed by atoms with E-state index in [0.717, 1.165) is 54.8 Å². The number of rotatable bonds is 3. The third kappa shape index (κ3) is 3.05. The second kappa shape index (κ2) is 5.95. The summed E-state index contributed by atoms with van der Waals surface area (Å²) < 4.78 is 0. The first-order valence-electron chi connectivity index (χ1n) is 7.27. The zero-order chi connectivity index (χ0) is 14.7. The maximum absolute atomic E-state index is 10.7. The molecule has 1 fully saturated rings. The topological polar surface area (TPSA) is 59.2 Å². The summed E-state index contributed by atoms with van der Waals surface area (Å²) in [6.07, 6.45) is 4.85. The summed E-state index contributed by atoms with van der Waals surface area (Å²) in [4.78, 5) is 17.2. The Hall–Kier alpha value is -2.36. The normalized spacial score (nSPS) is 15.9. The molecule has 0 radical (unpaired) electrons. The Labute approximate surface area is 124 Å². The standard InChI is InChI=1S/C17H19N3O/c18-16-4-1-13(2-5-16)15-3-6-17(19-11-15)14-7-9-20(12-21)10-8-14/h1-6,11-12,14H,7-10,18H2.